The predicted octanol–water partition coefficient (Wildman–Crippen LogP) is 2.67. The van der Waals surface area contributed by atoms with E-state index in [-0.39, 0.29) is 5.91 Å². The van der Waals surface area contributed by atoms with Gasteiger partial charge in [-0.15, -0.1) is 0 Å². The molecule has 1 aromatic carbocycles. The molecule has 1 aliphatic carbocycles. The third-order valence-corrected chi connectivity index (χ3v) is 3.47. The van der Waals surface area contributed by atoms with Crippen LogP contribution in [0.25, 0.3) is 0 Å². The molecule has 2 aromatic rings. The molecule has 0 saturated heterocycles. The molecule has 0 spiro atoms. The number of hydrogen-bond donors (Lipinski definition) is 2. The summed E-state index contributed by atoms with van der Waals surface area (Å²) < 4.78 is 0. The lowest BCUT2D eigenvalue weighted by Gasteiger charge is -2.09. The Morgan fingerprint density at radius 1 is 1.24 bits per heavy atom. The SMILES string of the molecule is CCc1ccccc1Nc1ncc(C(=O)NC2CC2)cn1. The number of aryl methyl sites for hydroxylation is 1. The molecule has 1 aromatic heterocycles. The highest BCUT2D eigenvalue weighted by atomic mass is 16.1. The van der Waals surface area contributed by atoms with E-state index in [1.165, 1.54) is 5.56 Å². The molecule has 1 heterocycles. The lowest BCUT2D eigenvalue weighted by atomic mass is 10.1. The standard InChI is InChI=1S/C16H18N4O/c1-2-11-5-3-4-6-14(11)20-16-17-9-12(10-18-16)15(21)19-13-7-8-13/h3-6,9-10,13H,2,7-8H2,1H3,(H,19,21)(H,17,18,20). The van der Waals surface area contributed by atoms with Crippen molar-refractivity contribution in [1.29, 1.82) is 0 Å². The Balaban J connectivity index is 1.70. The summed E-state index contributed by atoms with van der Waals surface area (Å²) in [5.74, 6) is 0.400. The molecule has 0 unspecified atom stereocenters. The molecule has 1 amide bonds. The first-order valence-corrected chi connectivity index (χ1v) is 7.24. The number of rotatable bonds is 5. The van der Waals surface area contributed by atoms with E-state index in [0.717, 1.165) is 24.9 Å². The lowest BCUT2D eigenvalue weighted by Crippen LogP contribution is -2.25. The first kappa shape index (κ1) is 13.5. The smallest absolute Gasteiger partial charge is 0.254 e. The Kier molecular flexibility index (Phi) is 3.81. The molecule has 0 radical (unpaired) electrons. The quantitative estimate of drug-likeness (QED) is 0.884. The summed E-state index contributed by atoms with van der Waals surface area (Å²) >= 11 is 0. The normalized spacial score (nSPS) is 13.8. The Hall–Kier alpha value is -2.43. The topological polar surface area (TPSA) is 66.9 Å². The summed E-state index contributed by atoms with van der Waals surface area (Å²) in [6.07, 6.45) is 6.19. The van der Waals surface area contributed by atoms with E-state index < -0.39 is 0 Å². The Morgan fingerprint density at radius 2 is 1.95 bits per heavy atom. The maximum absolute atomic E-state index is 11.9. The van der Waals surface area contributed by atoms with E-state index in [1.807, 2.05) is 18.2 Å². The number of carbonyl (C=O) groups is 1. The van der Waals surface area contributed by atoms with Crippen LogP contribution >= 0.6 is 0 Å². The Bertz CT molecular complexity index is 635. The van der Waals surface area contributed by atoms with Crippen LogP contribution in [0.15, 0.2) is 36.7 Å². The molecule has 3 rings (SSSR count). The Labute approximate surface area is 123 Å². The van der Waals surface area contributed by atoms with Gasteiger partial charge >= 0.3 is 0 Å². The number of hydrogen-bond acceptors (Lipinski definition) is 4. The van der Waals surface area contributed by atoms with Crippen molar-refractivity contribution >= 4 is 17.5 Å². The zero-order chi connectivity index (χ0) is 14.7. The molecule has 0 atom stereocenters. The van der Waals surface area contributed by atoms with E-state index in [9.17, 15) is 4.79 Å². The van der Waals surface area contributed by atoms with Crippen LogP contribution in [0, 0.1) is 0 Å². The first-order valence-electron chi connectivity index (χ1n) is 7.24. The van der Waals surface area contributed by atoms with Crippen LogP contribution in [0.2, 0.25) is 0 Å². The van der Waals surface area contributed by atoms with Crippen molar-refractivity contribution < 1.29 is 4.79 Å². The average molecular weight is 282 g/mol. The summed E-state index contributed by atoms with van der Waals surface area (Å²) in [7, 11) is 0. The molecule has 0 aliphatic heterocycles. The fourth-order valence-corrected chi connectivity index (χ4v) is 2.08. The van der Waals surface area contributed by atoms with Gasteiger partial charge in [0.05, 0.1) is 5.56 Å². The monoisotopic (exact) mass is 282 g/mol. The Morgan fingerprint density at radius 3 is 2.62 bits per heavy atom. The van der Waals surface area contributed by atoms with Crippen molar-refractivity contribution in [1.82, 2.24) is 15.3 Å². The van der Waals surface area contributed by atoms with Crippen LogP contribution in [0.4, 0.5) is 11.6 Å². The van der Waals surface area contributed by atoms with E-state index in [2.05, 4.69) is 33.6 Å². The molecule has 2 N–H and O–H groups in total. The number of amides is 1. The van der Waals surface area contributed by atoms with Gasteiger partial charge in [0.1, 0.15) is 0 Å². The van der Waals surface area contributed by atoms with Crippen LogP contribution in [0.5, 0.6) is 0 Å². The number of carbonyl (C=O) groups excluding carboxylic acids is 1. The van der Waals surface area contributed by atoms with Gasteiger partial charge in [0, 0.05) is 24.1 Å². The highest BCUT2D eigenvalue weighted by Gasteiger charge is 2.23. The average Bonchev–Trinajstić information content (AvgIpc) is 3.32. The van der Waals surface area contributed by atoms with Crippen molar-refractivity contribution in [2.24, 2.45) is 0 Å². The van der Waals surface area contributed by atoms with Crippen molar-refractivity contribution in [3.05, 3.63) is 47.8 Å². The second-order valence-corrected chi connectivity index (χ2v) is 5.18. The van der Waals surface area contributed by atoms with Crippen LogP contribution < -0.4 is 10.6 Å². The van der Waals surface area contributed by atoms with Gasteiger partial charge in [-0.3, -0.25) is 4.79 Å². The zero-order valence-corrected chi connectivity index (χ0v) is 12.0. The third kappa shape index (κ3) is 3.37. The molecule has 5 heteroatoms. The van der Waals surface area contributed by atoms with Crippen molar-refractivity contribution in [3.63, 3.8) is 0 Å². The van der Waals surface area contributed by atoms with Crippen molar-refractivity contribution in [2.75, 3.05) is 5.32 Å². The zero-order valence-electron chi connectivity index (χ0n) is 12.0. The minimum atomic E-state index is -0.0991. The van der Waals surface area contributed by atoms with Crippen molar-refractivity contribution in [3.8, 4) is 0 Å². The van der Waals surface area contributed by atoms with Crippen LogP contribution in [-0.4, -0.2) is 21.9 Å². The van der Waals surface area contributed by atoms with E-state index >= 15 is 0 Å². The third-order valence-electron chi connectivity index (χ3n) is 3.47. The molecule has 1 saturated carbocycles. The van der Waals surface area contributed by atoms with Crippen molar-refractivity contribution in [2.45, 2.75) is 32.2 Å². The minimum Gasteiger partial charge on any atom is -0.349 e. The van der Waals surface area contributed by atoms with E-state index in [0.29, 0.717) is 17.6 Å². The van der Waals surface area contributed by atoms with Crippen LogP contribution in [0.1, 0.15) is 35.7 Å². The number of anilines is 2. The van der Waals surface area contributed by atoms with Gasteiger partial charge in [0.15, 0.2) is 0 Å². The largest absolute Gasteiger partial charge is 0.349 e. The van der Waals surface area contributed by atoms with Crippen LogP contribution in [-0.2, 0) is 6.42 Å². The van der Waals surface area contributed by atoms with E-state index in [4.69, 9.17) is 0 Å². The predicted molar refractivity (Wildman–Crippen MR) is 81.6 cm³/mol. The molecule has 1 fully saturated rings. The van der Waals surface area contributed by atoms with Gasteiger partial charge < -0.3 is 10.6 Å². The fourth-order valence-electron chi connectivity index (χ4n) is 2.08. The lowest BCUT2D eigenvalue weighted by molar-refractivity contribution is 0.0950. The number of aromatic nitrogens is 2. The molecule has 5 nitrogen and oxygen atoms in total. The van der Waals surface area contributed by atoms with Gasteiger partial charge in [-0.25, -0.2) is 9.97 Å². The summed E-state index contributed by atoms with van der Waals surface area (Å²) in [6, 6.07) is 8.39. The van der Waals surface area contributed by atoms with Crippen LogP contribution in [0.3, 0.4) is 0 Å². The van der Waals surface area contributed by atoms with E-state index in [1.54, 1.807) is 12.4 Å². The second-order valence-electron chi connectivity index (χ2n) is 5.18. The molecular formula is C16H18N4O. The molecule has 21 heavy (non-hydrogen) atoms. The van der Waals surface area contributed by atoms with Gasteiger partial charge in [-0.05, 0) is 30.9 Å². The highest BCUT2D eigenvalue weighted by Crippen LogP contribution is 2.20. The molecular weight excluding hydrogens is 264 g/mol. The molecule has 1 aliphatic rings. The first-order chi connectivity index (χ1) is 10.3. The number of nitrogens with one attached hydrogen (secondary N) is 2. The maximum Gasteiger partial charge on any atom is 0.254 e. The maximum atomic E-state index is 11.9. The highest BCUT2D eigenvalue weighted by molar-refractivity contribution is 5.94. The van der Waals surface area contributed by atoms with Gasteiger partial charge in [0.2, 0.25) is 5.95 Å². The van der Waals surface area contributed by atoms with Gasteiger partial charge in [0.25, 0.3) is 5.91 Å². The summed E-state index contributed by atoms with van der Waals surface area (Å²) in [4.78, 5) is 20.3. The molecule has 0 bridgehead atoms. The number of nitrogens with zero attached hydrogens (tertiary/aromatic N) is 2. The summed E-state index contributed by atoms with van der Waals surface area (Å²) in [5.41, 5.74) is 2.70. The summed E-state index contributed by atoms with van der Waals surface area (Å²) in [6.45, 7) is 2.10. The minimum absolute atomic E-state index is 0.0991. The molecule has 108 valence electrons. The fraction of sp³-hybridized carbons (Fsp3) is 0.312. The number of para-hydroxylation sites is 1. The van der Waals surface area contributed by atoms with Gasteiger partial charge in [-0.1, -0.05) is 25.1 Å². The van der Waals surface area contributed by atoms with Gasteiger partial charge in [-0.2, -0.15) is 0 Å². The second kappa shape index (κ2) is 5.91. The number of benzene rings is 1. The summed E-state index contributed by atoms with van der Waals surface area (Å²) in [5, 5.41) is 6.11.